The molecule has 0 spiro atoms. The maximum atomic E-state index is 13.5. The molecule has 2 unspecified atom stereocenters. The normalized spacial score (nSPS) is 30.0. The molecule has 3 fully saturated rings. The zero-order chi connectivity index (χ0) is 25.0. The predicted octanol–water partition coefficient (Wildman–Crippen LogP) is 3.62. The lowest BCUT2D eigenvalue weighted by Gasteiger charge is -2.50. The number of benzene rings is 1. The average molecular weight is 501 g/mol. The third-order valence-electron chi connectivity index (χ3n) is 8.41. The first-order chi connectivity index (χ1) is 16.8. The van der Waals surface area contributed by atoms with Crippen LogP contribution in [0.4, 0.5) is 0 Å². The van der Waals surface area contributed by atoms with Crippen LogP contribution in [0.2, 0.25) is 0 Å². The van der Waals surface area contributed by atoms with Crippen LogP contribution in [0.5, 0.6) is 0 Å². The second kappa shape index (κ2) is 12.3. The van der Waals surface area contributed by atoms with Crippen LogP contribution >= 0.6 is 0 Å². The van der Waals surface area contributed by atoms with Gasteiger partial charge in [-0.25, -0.2) is 0 Å². The van der Waals surface area contributed by atoms with Gasteiger partial charge in [0.05, 0.1) is 6.04 Å². The Hall–Kier alpha value is -2.25. The molecule has 200 valence electrons. The monoisotopic (exact) mass is 500 g/mol. The Labute approximate surface area is 216 Å². The second-order valence-corrected chi connectivity index (χ2v) is 10.8. The van der Waals surface area contributed by atoms with E-state index in [-0.39, 0.29) is 37.6 Å². The molecule has 4 rings (SSSR count). The van der Waals surface area contributed by atoms with Crippen LogP contribution in [-0.4, -0.2) is 77.0 Å². The molecule has 2 aliphatic heterocycles. The van der Waals surface area contributed by atoms with Gasteiger partial charge < -0.3 is 19.6 Å². The van der Waals surface area contributed by atoms with Gasteiger partial charge in [0.1, 0.15) is 11.6 Å². The summed E-state index contributed by atoms with van der Waals surface area (Å²) < 4.78 is 5.25. The lowest BCUT2D eigenvalue weighted by Crippen LogP contribution is -2.68. The van der Waals surface area contributed by atoms with E-state index in [1.54, 1.807) is 7.11 Å². The number of hydrogen-bond donors (Lipinski definition) is 1. The molecule has 1 saturated carbocycles. The Morgan fingerprint density at radius 3 is 2.58 bits per heavy atom. The number of carbonyl (C=O) groups is 3. The molecule has 2 amide bonds. The Kier molecular flexibility index (Phi) is 9.70. The fourth-order valence-electron chi connectivity index (χ4n) is 6.31. The van der Waals surface area contributed by atoms with Crippen molar-refractivity contribution in [1.29, 1.82) is 0 Å². The lowest BCUT2D eigenvalue weighted by molar-refractivity contribution is -0.172. The van der Waals surface area contributed by atoms with Crippen molar-refractivity contribution in [3.8, 4) is 0 Å². The molecule has 1 N–H and O–H groups in total. The Bertz CT molecular complexity index is 906. The van der Waals surface area contributed by atoms with Crippen molar-refractivity contribution in [3.05, 3.63) is 35.9 Å². The number of methoxy groups -OCH3 is 1. The van der Waals surface area contributed by atoms with Crippen LogP contribution < -0.4 is 0 Å². The molecular weight excluding hydrogens is 456 g/mol. The van der Waals surface area contributed by atoms with E-state index in [4.69, 9.17) is 4.74 Å². The number of likely N-dealkylation sites (tertiary alicyclic amines) is 1. The Morgan fingerprint density at radius 2 is 1.86 bits per heavy atom. The molecule has 1 aliphatic carbocycles. The Morgan fingerprint density at radius 1 is 1.11 bits per heavy atom. The zero-order valence-corrected chi connectivity index (χ0v) is 21.2. The molecule has 1 aromatic carbocycles. The predicted molar refractivity (Wildman–Crippen MR) is 139 cm³/mol. The van der Waals surface area contributed by atoms with Gasteiger partial charge in [0.15, 0.2) is 0 Å². The maximum absolute atomic E-state index is 13.5. The number of aliphatic hydroxyl groups is 1. The summed E-state index contributed by atoms with van der Waals surface area (Å²) in [4.78, 5) is 43.7. The summed E-state index contributed by atoms with van der Waals surface area (Å²) >= 11 is 0. The number of ketones is 1. The number of rotatable bonds is 9. The minimum Gasteiger partial charge on any atom is -0.384 e. The van der Waals surface area contributed by atoms with E-state index in [9.17, 15) is 19.5 Å². The van der Waals surface area contributed by atoms with Gasteiger partial charge >= 0.3 is 0 Å². The van der Waals surface area contributed by atoms with Crippen molar-refractivity contribution < 1.29 is 24.2 Å². The van der Waals surface area contributed by atoms with Crippen LogP contribution in [0, 0.1) is 11.8 Å². The van der Waals surface area contributed by atoms with Gasteiger partial charge in [-0.3, -0.25) is 14.4 Å². The lowest BCUT2D eigenvalue weighted by atomic mass is 9.69. The fraction of sp³-hybridized carbons (Fsp3) is 0.690. The third kappa shape index (κ3) is 5.83. The van der Waals surface area contributed by atoms with Crippen LogP contribution in [0.1, 0.15) is 71.3 Å². The number of amides is 2. The average Bonchev–Trinajstić information content (AvgIpc) is 2.86. The van der Waals surface area contributed by atoms with Crippen molar-refractivity contribution in [3.63, 3.8) is 0 Å². The number of aryl methyl sites for hydroxylation is 1. The summed E-state index contributed by atoms with van der Waals surface area (Å²) in [6, 6.07) is 9.59. The van der Waals surface area contributed by atoms with E-state index in [0.717, 1.165) is 38.5 Å². The largest absolute Gasteiger partial charge is 0.384 e. The number of nitrogens with zero attached hydrogens (tertiary/aromatic N) is 2. The molecule has 2 saturated heterocycles. The van der Waals surface area contributed by atoms with Crippen molar-refractivity contribution in [2.24, 2.45) is 11.8 Å². The number of Topliss-reactive ketones (excluding diaryl/α,β-unsaturated/α-hetero) is 1. The zero-order valence-electron chi connectivity index (χ0n) is 21.2. The highest BCUT2D eigenvalue weighted by molar-refractivity contribution is 6.39. The van der Waals surface area contributed by atoms with E-state index in [2.05, 4.69) is 12.1 Å². The number of ether oxygens (including phenoxy) is 1. The van der Waals surface area contributed by atoms with Crippen molar-refractivity contribution in [1.82, 2.24) is 9.80 Å². The molecule has 36 heavy (non-hydrogen) atoms. The molecule has 2 heterocycles. The van der Waals surface area contributed by atoms with Crippen LogP contribution in [0.3, 0.4) is 0 Å². The highest BCUT2D eigenvalue weighted by atomic mass is 16.5. The van der Waals surface area contributed by atoms with Gasteiger partial charge in [0.2, 0.25) is 5.91 Å². The molecule has 0 aromatic heterocycles. The van der Waals surface area contributed by atoms with Gasteiger partial charge in [-0.05, 0) is 75.2 Å². The molecule has 3 aliphatic rings. The van der Waals surface area contributed by atoms with Gasteiger partial charge in [-0.1, -0.05) is 44.7 Å². The van der Waals surface area contributed by atoms with Crippen molar-refractivity contribution in [2.75, 3.05) is 26.8 Å². The molecule has 7 heteroatoms. The number of carbonyl (C=O) groups excluding carboxylic acids is 3. The highest BCUT2D eigenvalue weighted by Crippen LogP contribution is 2.39. The second-order valence-electron chi connectivity index (χ2n) is 10.8. The summed E-state index contributed by atoms with van der Waals surface area (Å²) in [5.41, 5.74) is -0.392. The van der Waals surface area contributed by atoms with Gasteiger partial charge in [0.25, 0.3) is 11.7 Å². The first kappa shape index (κ1) is 28.3. The van der Waals surface area contributed by atoms with E-state index in [0.29, 0.717) is 32.5 Å². The summed E-state index contributed by atoms with van der Waals surface area (Å²) in [6.07, 6.45) is 6.89. The SMILES string of the molecule is C.COC[C@@H]1CC[C@@H](C)[C@](O)(C(=O)C(=O)N2C3CCCC2C(=O)N(CCCCc2ccccc2)C3)C1. The number of piperazine rings is 1. The topological polar surface area (TPSA) is 87.1 Å². The minimum atomic E-state index is -1.69. The third-order valence-corrected chi connectivity index (χ3v) is 8.41. The summed E-state index contributed by atoms with van der Waals surface area (Å²) in [6.45, 7) is 3.45. The first-order valence-electron chi connectivity index (χ1n) is 13.3. The first-order valence-corrected chi connectivity index (χ1v) is 13.3. The molecular formula is C29H44N2O5. The maximum Gasteiger partial charge on any atom is 0.294 e. The quantitative estimate of drug-likeness (QED) is 0.413. The van der Waals surface area contributed by atoms with Crippen LogP contribution in [0.15, 0.2) is 30.3 Å². The summed E-state index contributed by atoms with van der Waals surface area (Å²) in [5.74, 6) is -1.72. The van der Waals surface area contributed by atoms with Gasteiger partial charge in [-0.2, -0.15) is 0 Å². The number of unbranched alkanes of at least 4 members (excludes halogenated alkanes) is 1. The van der Waals surface area contributed by atoms with Crippen LogP contribution in [-0.2, 0) is 25.5 Å². The molecule has 2 bridgehead atoms. The van der Waals surface area contributed by atoms with E-state index in [1.807, 2.05) is 30.0 Å². The van der Waals surface area contributed by atoms with Gasteiger partial charge in [0, 0.05) is 26.8 Å². The van der Waals surface area contributed by atoms with Crippen molar-refractivity contribution in [2.45, 2.75) is 89.8 Å². The Balaban J connectivity index is 0.00000361. The smallest absolute Gasteiger partial charge is 0.294 e. The summed E-state index contributed by atoms with van der Waals surface area (Å²) in [5, 5.41) is 11.4. The molecule has 1 aromatic rings. The molecule has 7 nitrogen and oxygen atoms in total. The van der Waals surface area contributed by atoms with Crippen molar-refractivity contribution >= 4 is 17.6 Å². The van der Waals surface area contributed by atoms with Gasteiger partial charge in [-0.15, -0.1) is 0 Å². The van der Waals surface area contributed by atoms with E-state index >= 15 is 0 Å². The summed E-state index contributed by atoms with van der Waals surface area (Å²) in [7, 11) is 1.61. The highest BCUT2D eigenvalue weighted by Gasteiger charge is 2.53. The minimum absolute atomic E-state index is 0. The number of hydrogen-bond acceptors (Lipinski definition) is 5. The number of fused-ring (bicyclic) bond motifs is 2. The fourth-order valence-corrected chi connectivity index (χ4v) is 6.31. The van der Waals surface area contributed by atoms with E-state index in [1.165, 1.54) is 10.5 Å². The van der Waals surface area contributed by atoms with E-state index < -0.39 is 23.3 Å². The van der Waals surface area contributed by atoms with Crippen LogP contribution in [0.25, 0.3) is 0 Å². The molecule has 5 atom stereocenters. The number of piperidine rings is 1. The standard InChI is InChI=1S/C28H40N2O5.CH4/c1-20-14-15-22(19-35-2)17-28(20,34)25(31)27(33)30-23-12-8-13-24(30)26(32)29(18-23)16-7-6-11-21-9-4-3-5-10-21;/h3-5,9-10,20,22-24,34H,6-8,11-19H2,1-2H3;1H4/t20-,22-,23?,24?,28+;/m1./s1. The molecule has 0 radical (unpaired) electrons.